The van der Waals surface area contributed by atoms with Crippen LogP contribution in [0.15, 0.2) is 77.7 Å². The Labute approximate surface area is 241 Å². The zero-order chi connectivity index (χ0) is 29.3. The van der Waals surface area contributed by atoms with Crippen LogP contribution in [0.25, 0.3) is 0 Å². The van der Waals surface area contributed by atoms with Crippen molar-refractivity contribution in [1.29, 1.82) is 0 Å². The summed E-state index contributed by atoms with van der Waals surface area (Å²) in [5, 5.41) is 3.31. The second-order valence-electron chi connectivity index (χ2n) is 9.46. The maximum absolute atomic E-state index is 14.0. The molecule has 0 aromatic heterocycles. The van der Waals surface area contributed by atoms with E-state index in [1.807, 2.05) is 13.8 Å². The van der Waals surface area contributed by atoms with Crippen molar-refractivity contribution in [2.45, 2.75) is 51.1 Å². The van der Waals surface area contributed by atoms with Crippen LogP contribution in [-0.2, 0) is 26.2 Å². The number of hydrogen-bond acceptors (Lipinski definition) is 5. The zero-order valence-corrected chi connectivity index (χ0v) is 24.8. The van der Waals surface area contributed by atoms with Gasteiger partial charge < -0.3 is 15.0 Å². The predicted molar refractivity (Wildman–Crippen MR) is 158 cm³/mol. The van der Waals surface area contributed by atoms with E-state index in [-0.39, 0.29) is 23.0 Å². The van der Waals surface area contributed by atoms with E-state index in [1.54, 1.807) is 67.6 Å². The summed E-state index contributed by atoms with van der Waals surface area (Å²) >= 11 is 6.40. The number of anilines is 1. The van der Waals surface area contributed by atoms with Gasteiger partial charge in [0, 0.05) is 24.2 Å². The Kier molecular flexibility index (Phi) is 11.0. The van der Waals surface area contributed by atoms with Gasteiger partial charge in [-0.3, -0.25) is 13.9 Å². The van der Waals surface area contributed by atoms with Crippen molar-refractivity contribution in [2.24, 2.45) is 0 Å². The summed E-state index contributed by atoms with van der Waals surface area (Å²) in [7, 11) is -2.69. The first kappa shape index (κ1) is 31.0. The molecule has 0 bridgehead atoms. The predicted octanol–water partition coefficient (Wildman–Crippen LogP) is 5.19. The van der Waals surface area contributed by atoms with Gasteiger partial charge in [-0.05, 0) is 56.2 Å². The number of nitrogens with one attached hydrogen (secondary N) is 1. The Morgan fingerprint density at radius 1 is 1.02 bits per heavy atom. The van der Waals surface area contributed by atoms with Gasteiger partial charge in [0.2, 0.25) is 11.8 Å². The number of halogens is 1. The number of amides is 2. The minimum absolute atomic E-state index is 0.0252. The van der Waals surface area contributed by atoms with Gasteiger partial charge in [0.05, 0.1) is 17.7 Å². The molecule has 0 aliphatic rings. The minimum Gasteiger partial charge on any atom is -0.497 e. The lowest BCUT2D eigenvalue weighted by molar-refractivity contribution is -0.139. The largest absolute Gasteiger partial charge is 0.497 e. The van der Waals surface area contributed by atoms with Gasteiger partial charge in [0.25, 0.3) is 10.0 Å². The number of ether oxygens (including phenoxy) is 1. The Morgan fingerprint density at radius 2 is 1.73 bits per heavy atom. The number of carbonyl (C=O) groups is 2. The Balaban J connectivity index is 2.03. The average molecular weight is 586 g/mol. The van der Waals surface area contributed by atoms with Crippen molar-refractivity contribution in [1.82, 2.24) is 10.2 Å². The molecule has 1 unspecified atom stereocenters. The van der Waals surface area contributed by atoms with Crippen LogP contribution in [0.5, 0.6) is 5.75 Å². The van der Waals surface area contributed by atoms with Gasteiger partial charge in [-0.15, -0.1) is 0 Å². The molecule has 40 heavy (non-hydrogen) atoms. The zero-order valence-electron chi connectivity index (χ0n) is 23.3. The molecule has 1 N–H and O–H groups in total. The van der Waals surface area contributed by atoms with Crippen molar-refractivity contribution >= 4 is 39.1 Å². The van der Waals surface area contributed by atoms with E-state index < -0.39 is 28.5 Å². The average Bonchev–Trinajstić information content (AvgIpc) is 2.95. The van der Waals surface area contributed by atoms with E-state index in [0.717, 1.165) is 22.7 Å². The monoisotopic (exact) mass is 585 g/mol. The fraction of sp³-hybridized carbons (Fsp3) is 0.333. The number of carbonyl (C=O) groups excluding carboxylic acids is 2. The molecule has 0 radical (unpaired) electrons. The molecule has 1 atom stereocenters. The molecule has 8 nitrogen and oxygen atoms in total. The Bertz CT molecular complexity index is 1410. The molecule has 3 rings (SSSR count). The number of methoxy groups -OCH3 is 1. The van der Waals surface area contributed by atoms with Gasteiger partial charge in [0.1, 0.15) is 18.3 Å². The second kappa shape index (κ2) is 14.2. The molecule has 2 amide bonds. The fourth-order valence-electron chi connectivity index (χ4n) is 4.06. The SMILES string of the molecule is CCCCNC(=O)C(C)N(Cc1ccccc1Cl)C(=O)CN(c1cccc(OC)c1)S(=O)(=O)c1ccc(C)cc1. The normalized spacial score (nSPS) is 11.9. The molecule has 0 aliphatic heterocycles. The number of sulfonamides is 1. The van der Waals surface area contributed by atoms with Crippen molar-refractivity contribution < 1.29 is 22.7 Å². The molecule has 0 fully saturated rings. The van der Waals surface area contributed by atoms with E-state index >= 15 is 0 Å². The molecule has 0 aliphatic carbocycles. The topological polar surface area (TPSA) is 96.0 Å². The molecule has 0 heterocycles. The third-order valence-electron chi connectivity index (χ3n) is 6.52. The third-order valence-corrected chi connectivity index (χ3v) is 8.68. The minimum atomic E-state index is -4.17. The van der Waals surface area contributed by atoms with Crippen molar-refractivity contribution in [3.63, 3.8) is 0 Å². The second-order valence-corrected chi connectivity index (χ2v) is 11.7. The van der Waals surface area contributed by atoms with E-state index in [4.69, 9.17) is 16.3 Å². The molecule has 3 aromatic carbocycles. The van der Waals surface area contributed by atoms with Gasteiger partial charge >= 0.3 is 0 Å². The van der Waals surface area contributed by atoms with Crippen LogP contribution in [0, 0.1) is 6.92 Å². The van der Waals surface area contributed by atoms with Gasteiger partial charge in [-0.25, -0.2) is 8.42 Å². The molecule has 3 aromatic rings. The van der Waals surface area contributed by atoms with E-state index in [1.165, 1.54) is 24.1 Å². The molecule has 10 heteroatoms. The lowest BCUT2D eigenvalue weighted by Crippen LogP contribution is -2.51. The van der Waals surface area contributed by atoms with Crippen LogP contribution >= 0.6 is 11.6 Å². The lowest BCUT2D eigenvalue weighted by Gasteiger charge is -2.32. The lowest BCUT2D eigenvalue weighted by atomic mass is 10.1. The van der Waals surface area contributed by atoms with Crippen LogP contribution in [0.1, 0.15) is 37.8 Å². The van der Waals surface area contributed by atoms with Crippen LogP contribution in [0.3, 0.4) is 0 Å². The molecular weight excluding hydrogens is 550 g/mol. The summed E-state index contributed by atoms with van der Waals surface area (Å²) in [5.74, 6) is -0.453. The molecule has 0 spiro atoms. The van der Waals surface area contributed by atoms with Crippen molar-refractivity contribution in [3.05, 3.63) is 88.9 Å². The molecule has 0 saturated heterocycles. The maximum atomic E-state index is 14.0. The highest BCUT2D eigenvalue weighted by Crippen LogP contribution is 2.28. The quantitative estimate of drug-likeness (QED) is 0.279. The number of aryl methyl sites for hydroxylation is 1. The number of unbranched alkanes of at least 4 members (excludes halogenated alkanes) is 1. The number of rotatable bonds is 13. The standard InChI is InChI=1S/C30H36ClN3O5S/c1-5-6-18-32-30(36)23(3)33(20-24-10-7-8-13-28(24)31)29(35)21-34(25-11-9-12-26(19-25)39-4)40(37,38)27-16-14-22(2)15-17-27/h7-17,19,23H,5-6,18,20-21H2,1-4H3,(H,32,36). The maximum Gasteiger partial charge on any atom is 0.264 e. The van der Waals surface area contributed by atoms with Crippen molar-refractivity contribution in [3.8, 4) is 5.75 Å². The van der Waals surface area contributed by atoms with E-state index in [9.17, 15) is 18.0 Å². The summed E-state index contributed by atoms with van der Waals surface area (Å²) < 4.78 is 34.2. The summed E-state index contributed by atoms with van der Waals surface area (Å²) in [6.07, 6.45) is 1.71. The summed E-state index contributed by atoms with van der Waals surface area (Å²) in [5.41, 5.74) is 1.79. The number of benzene rings is 3. The third kappa shape index (κ3) is 7.76. The highest BCUT2D eigenvalue weighted by atomic mass is 35.5. The Morgan fingerprint density at radius 3 is 2.38 bits per heavy atom. The van der Waals surface area contributed by atoms with Crippen LogP contribution < -0.4 is 14.4 Å². The van der Waals surface area contributed by atoms with Gasteiger partial charge in [0.15, 0.2) is 0 Å². The van der Waals surface area contributed by atoms with Crippen molar-refractivity contribution in [2.75, 3.05) is 24.5 Å². The van der Waals surface area contributed by atoms with Gasteiger partial charge in [-0.2, -0.15) is 0 Å². The first-order chi connectivity index (χ1) is 19.1. The molecule has 0 saturated carbocycles. The van der Waals surface area contributed by atoms with Gasteiger partial charge in [-0.1, -0.05) is 66.9 Å². The smallest absolute Gasteiger partial charge is 0.264 e. The highest BCUT2D eigenvalue weighted by Gasteiger charge is 2.33. The van der Waals surface area contributed by atoms with Crippen LogP contribution in [0.2, 0.25) is 5.02 Å². The first-order valence-electron chi connectivity index (χ1n) is 13.1. The van der Waals surface area contributed by atoms with Crippen LogP contribution in [-0.4, -0.2) is 51.4 Å². The molecular formula is C30H36ClN3O5S. The van der Waals surface area contributed by atoms with E-state index in [0.29, 0.717) is 22.9 Å². The Hall–Kier alpha value is -3.56. The van der Waals surface area contributed by atoms with E-state index in [2.05, 4.69) is 5.32 Å². The highest BCUT2D eigenvalue weighted by molar-refractivity contribution is 7.92. The number of nitrogens with zero attached hydrogens (tertiary/aromatic N) is 2. The summed E-state index contributed by atoms with van der Waals surface area (Å²) in [6.45, 7) is 5.47. The fourth-order valence-corrected chi connectivity index (χ4v) is 5.66. The molecule has 214 valence electrons. The summed E-state index contributed by atoms with van der Waals surface area (Å²) in [4.78, 5) is 28.4. The summed E-state index contributed by atoms with van der Waals surface area (Å²) in [6, 6.07) is 19.1. The van der Waals surface area contributed by atoms with Crippen LogP contribution in [0.4, 0.5) is 5.69 Å². The first-order valence-corrected chi connectivity index (χ1v) is 14.9. The number of hydrogen-bond donors (Lipinski definition) is 1.